The first kappa shape index (κ1) is 52.3. The number of unbranched alkanes of at least 4 members (excludes halogenated alkanes) is 1. The number of nitrogens with one attached hydrogen (secondary N) is 4. The van der Waals surface area contributed by atoms with Crippen molar-refractivity contribution in [3.05, 3.63) is 107 Å². The lowest BCUT2D eigenvalue weighted by Gasteiger charge is -2.64. The predicted octanol–water partition coefficient (Wildman–Crippen LogP) is 4.36. The number of ether oxygens (including phenoxy) is 1. The van der Waals surface area contributed by atoms with E-state index in [0.717, 1.165) is 24.0 Å². The van der Waals surface area contributed by atoms with E-state index < -0.39 is 72.5 Å². The minimum Gasteiger partial charge on any atom is -0.507 e. The van der Waals surface area contributed by atoms with Crippen molar-refractivity contribution in [3.8, 4) is 33.8 Å². The zero-order valence-electron chi connectivity index (χ0n) is 41.4. The molecule has 17 nitrogen and oxygen atoms in total. The first-order valence-electron chi connectivity index (χ1n) is 24.8. The lowest BCUT2D eigenvalue weighted by atomic mass is 9.43. The van der Waals surface area contributed by atoms with Crippen molar-refractivity contribution < 1.29 is 43.1 Å². The Bertz CT molecular complexity index is 2680. The number of nitrogens with two attached hydrogens (primary N) is 3. The maximum atomic E-state index is 14.8. The van der Waals surface area contributed by atoms with Gasteiger partial charge in [0.1, 0.15) is 36.2 Å². The monoisotopic (exact) mass is 1000 g/mol. The van der Waals surface area contributed by atoms with Gasteiger partial charge in [-0.15, -0.1) is 0 Å². The van der Waals surface area contributed by atoms with Crippen molar-refractivity contribution in [2.75, 3.05) is 26.7 Å². The van der Waals surface area contributed by atoms with Crippen LogP contribution in [0, 0.1) is 17.3 Å². The van der Waals surface area contributed by atoms with Crippen LogP contribution in [0.3, 0.4) is 0 Å². The molecule has 9 atom stereocenters. The molecule has 5 aliphatic rings. The van der Waals surface area contributed by atoms with Crippen LogP contribution in [0.25, 0.3) is 22.3 Å². The first-order chi connectivity index (χ1) is 34.3. The van der Waals surface area contributed by atoms with Gasteiger partial charge >= 0.3 is 7.12 Å². The molecule has 4 aromatic carbocycles. The van der Waals surface area contributed by atoms with Gasteiger partial charge in [-0.1, -0.05) is 61.8 Å². The quantitative estimate of drug-likeness (QED) is 0.0611. The number of amides is 5. The normalized spacial score (nSPS) is 25.0. The molecule has 3 aliphatic carbocycles. The minimum atomic E-state index is -1.70. The van der Waals surface area contributed by atoms with Crippen molar-refractivity contribution in [2.45, 2.75) is 108 Å². The number of benzene rings is 4. The van der Waals surface area contributed by atoms with Crippen molar-refractivity contribution in [2.24, 2.45) is 34.5 Å². The van der Waals surface area contributed by atoms with E-state index in [1.54, 1.807) is 73.7 Å². The number of carbonyl (C=O) groups excluding carboxylic acids is 5. The Morgan fingerprint density at radius 2 is 1.61 bits per heavy atom. The summed E-state index contributed by atoms with van der Waals surface area (Å²) >= 11 is 6.08. The molecule has 19 heteroatoms. The number of rotatable bonds is 15. The molecule has 382 valence electrons. The summed E-state index contributed by atoms with van der Waals surface area (Å²) in [5.41, 5.74) is 21.2. The Kier molecular flexibility index (Phi) is 15.7. The number of fused-ring (bicyclic) bond motifs is 5. The molecule has 1 saturated heterocycles. The predicted molar refractivity (Wildman–Crippen MR) is 274 cm³/mol. The van der Waals surface area contributed by atoms with Crippen LogP contribution in [-0.2, 0) is 34.9 Å². The van der Waals surface area contributed by atoms with Crippen molar-refractivity contribution >= 4 is 48.3 Å². The summed E-state index contributed by atoms with van der Waals surface area (Å²) in [5.74, 6) is -3.07. The molecule has 11 N–H and O–H groups in total. The number of likely N-dealkylation sites (N-methyl/N-ethyl adjacent to an activating group) is 1. The molecule has 0 aromatic heterocycles. The van der Waals surface area contributed by atoms with Crippen LogP contribution in [0.5, 0.6) is 11.5 Å². The van der Waals surface area contributed by atoms with Gasteiger partial charge in [0, 0.05) is 41.7 Å². The average Bonchev–Trinajstić information content (AvgIpc) is 3.73. The molecule has 2 heterocycles. The van der Waals surface area contributed by atoms with Gasteiger partial charge in [0.2, 0.25) is 17.7 Å². The Balaban J connectivity index is 1.08. The van der Waals surface area contributed by atoms with Crippen LogP contribution in [0.2, 0.25) is 5.02 Å². The number of aromatic hydroxyl groups is 1. The van der Waals surface area contributed by atoms with Crippen molar-refractivity contribution in [1.29, 1.82) is 0 Å². The number of hydrogen-bond acceptors (Lipinski definition) is 12. The number of phenols is 1. The van der Waals surface area contributed by atoms with E-state index in [4.69, 9.17) is 42.8 Å². The smallest absolute Gasteiger partial charge is 0.481 e. The van der Waals surface area contributed by atoms with E-state index in [-0.39, 0.29) is 54.4 Å². The number of halogens is 1. The van der Waals surface area contributed by atoms with E-state index in [9.17, 15) is 29.1 Å². The molecule has 72 heavy (non-hydrogen) atoms. The fraction of sp³-hybridized carbons (Fsp3) is 0.453. The summed E-state index contributed by atoms with van der Waals surface area (Å²) in [6.45, 7) is 9.04. The van der Waals surface area contributed by atoms with Crippen LogP contribution in [0.1, 0.15) is 87.3 Å². The highest BCUT2D eigenvalue weighted by atomic mass is 35.5. The molecule has 4 aromatic rings. The SMILES string of the molecule is C[C@H](NC(=O)[C@@H]1Cc2ccc(O)c(c2)-c2cc(ccc2OCCN)[C@H](N(C)C(=O)[C@H](CCCCN)NC(=O)c2ccc(-c3ccc(Cl)cc3)cc2)C(=O)N[C@@H](N)C(=O)N1)B1O[C@@H]2C[C@@H]3C[C@@H](C3(C)C)[C@]2(C)O1. The van der Waals surface area contributed by atoms with E-state index in [0.29, 0.717) is 58.7 Å². The highest BCUT2D eigenvalue weighted by Crippen LogP contribution is 2.65. The second-order valence-electron chi connectivity index (χ2n) is 20.4. The van der Waals surface area contributed by atoms with Gasteiger partial charge in [0.15, 0.2) is 6.17 Å². The van der Waals surface area contributed by atoms with E-state index >= 15 is 0 Å². The van der Waals surface area contributed by atoms with Gasteiger partial charge in [-0.2, -0.15) is 0 Å². The van der Waals surface area contributed by atoms with E-state index in [1.165, 1.54) is 18.0 Å². The first-order valence-corrected chi connectivity index (χ1v) is 25.1. The van der Waals surface area contributed by atoms with Gasteiger partial charge in [-0.25, -0.2) is 0 Å². The standard InChI is InChI=1S/C53H66BClN8O9/c1-29(54-71-44-28-35-27-43(52(35,2)3)53(44,4)72-54)59-48(66)40-25-30-9-19-41(64)37(24-30)38-26-34(16-20-42(38)70-23-22-57)45(49(67)62-46(58)50(68)61-40)63(5)51(69)39(8-6-7-21-56)60-47(65)33-12-10-31(11-13-33)32-14-17-36(55)18-15-32/h9-20,24,26,29,35,39-40,43-46,64H,6-8,21-23,25,27-28,56-58H2,1-5H3,(H,59,66)(H,60,65)(H,61,68)(H,62,67)/t29-,35-,39-,40-,43-,44+,45-,46+,53-/m0/s1. The van der Waals surface area contributed by atoms with Gasteiger partial charge < -0.3 is 62.5 Å². The highest BCUT2D eigenvalue weighted by molar-refractivity contribution is 6.47. The van der Waals surface area contributed by atoms with Crippen LogP contribution in [0.15, 0.2) is 84.9 Å². The number of phenolic OH excluding ortho intramolecular Hbond substituents is 1. The number of hydrogen-bond donors (Lipinski definition) is 8. The third kappa shape index (κ3) is 10.7. The molecule has 0 spiro atoms. The molecule has 0 radical (unpaired) electrons. The Labute approximate surface area is 425 Å². The molecular weight excluding hydrogens is 939 g/mol. The second kappa shape index (κ2) is 21.6. The lowest BCUT2D eigenvalue weighted by molar-refractivity contribution is -0.199. The maximum absolute atomic E-state index is 14.8. The molecule has 0 unspecified atom stereocenters. The summed E-state index contributed by atoms with van der Waals surface area (Å²) in [5, 5.41) is 23.3. The zero-order valence-corrected chi connectivity index (χ0v) is 42.2. The summed E-state index contributed by atoms with van der Waals surface area (Å²) in [7, 11) is 0.672. The molecule has 5 amide bonds. The molecule has 9 rings (SSSR count). The third-order valence-corrected chi connectivity index (χ3v) is 15.6. The average molecular weight is 1010 g/mol. The lowest BCUT2D eigenvalue weighted by Crippen LogP contribution is -2.65. The summed E-state index contributed by atoms with van der Waals surface area (Å²) in [4.78, 5) is 73.0. The molecular formula is C53H66BClN8O9. The number of nitrogens with zero attached hydrogens (tertiary/aromatic N) is 1. The molecule has 3 saturated carbocycles. The highest BCUT2D eigenvalue weighted by Gasteiger charge is 2.68. The van der Waals surface area contributed by atoms with E-state index in [2.05, 4.69) is 42.0 Å². The van der Waals surface area contributed by atoms with Crippen LogP contribution in [-0.4, -0.2) is 109 Å². The largest absolute Gasteiger partial charge is 0.507 e. The van der Waals surface area contributed by atoms with Crippen LogP contribution >= 0.6 is 11.6 Å². The second-order valence-corrected chi connectivity index (χ2v) is 20.8. The van der Waals surface area contributed by atoms with Crippen LogP contribution < -0.4 is 43.2 Å². The Hall–Kier alpha value is -6.02. The minimum absolute atomic E-state index is 0.0504. The summed E-state index contributed by atoms with van der Waals surface area (Å²) in [6.07, 6.45) is 1.27. The van der Waals surface area contributed by atoms with Crippen molar-refractivity contribution in [1.82, 2.24) is 26.2 Å². The fourth-order valence-electron chi connectivity index (χ4n) is 11.0. The topological polar surface area (TPSA) is 263 Å². The van der Waals surface area contributed by atoms with Crippen LogP contribution in [0.4, 0.5) is 0 Å². The van der Waals surface area contributed by atoms with E-state index in [1.807, 2.05) is 12.1 Å². The van der Waals surface area contributed by atoms with Gasteiger partial charge in [-0.05, 0) is 141 Å². The Morgan fingerprint density at radius 1 is 0.903 bits per heavy atom. The van der Waals surface area contributed by atoms with Gasteiger partial charge in [0.25, 0.3) is 11.8 Å². The van der Waals surface area contributed by atoms with Crippen molar-refractivity contribution in [3.63, 3.8) is 0 Å². The zero-order chi connectivity index (χ0) is 51.6. The Morgan fingerprint density at radius 3 is 2.29 bits per heavy atom. The fourth-order valence-corrected chi connectivity index (χ4v) is 11.2. The molecule has 6 bridgehead atoms. The molecule has 2 aliphatic heterocycles. The maximum Gasteiger partial charge on any atom is 0.481 e. The summed E-state index contributed by atoms with van der Waals surface area (Å²) < 4.78 is 19.2. The van der Waals surface area contributed by atoms with Gasteiger partial charge in [0.05, 0.1) is 17.6 Å². The molecule has 4 fully saturated rings. The number of carbonyl (C=O) groups is 5. The van der Waals surface area contributed by atoms with Gasteiger partial charge in [-0.3, -0.25) is 24.0 Å². The third-order valence-electron chi connectivity index (χ3n) is 15.3. The summed E-state index contributed by atoms with van der Waals surface area (Å²) in [6, 6.07) is 19.9.